The normalized spacial score (nSPS) is 10.9. The minimum absolute atomic E-state index is 0.0377. The van der Waals surface area contributed by atoms with Crippen molar-refractivity contribution < 1.29 is 4.74 Å². The molecule has 0 unspecified atom stereocenters. The third-order valence-corrected chi connectivity index (χ3v) is 6.88. The van der Waals surface area contributed by atoms with Crippen molar-refractivity contribution in [2.75, 3.05) is 13.7 Å². The highest BCUT2D eigenvalue weighted by Crippen LogP contribution is 2.18. The van der Waals surface area contributed by atoms with Crippen molar-refractivity contribution in [2.24, 2.45) is 0 Å². The van der Waals surface area contributed by atoms with Gasteiger partial charge in [-0.15, -0.1) is 0 Å². The Morgan fingerprint density at radius 1 is 0.556 bits per heavy atom. The topological polar surface area (TPSA) is 9.23 Å². The second kappa shape index (κ2) is 9.74. The maximum absolute atomic E-state index is 5.24. The molecule has 36 heavy (non-hydrogen) atoms. The van der Waals surface area contributed by atoms with E-state index in [1.807, 2.05) is 0 Å². The van der Waals surface area contributed by atoms with Crippen LogP contribution in [0, 0.1) is 11.8 Å². The van der Waals surface area contributed by atoms with Crippen LogP contribution < -0.4 is 16.4 Å². The monoisotopic (exact) mass is 460 g/mol. The Kier molecular flexibility index (Phi) is 6.00. The first-order valence-electron chi connectivity index (χ1n) is 12.3. The van der Waals surface area contributed by atoms with E-state index in [0.717, 1.165) is 5.56 Å². The molecule has 6 aromatic carbocycles. The SMILES string of the molecule is COCC#Cc1cc2ccccc2cc1B(c1ccc2ccccc2c1)c1ccc2ccccc2c1. The van der Waals surface area contributed by atoms with Gasteiger partial charge in [0.1, 0.15) is 6.61 Å². The molecule has 0 fully saturated rings. The maximum Gasteiger partial charge on any atom is 0.242 e. The third-order valence-electron chi connectivity index (χ3n) is 6.88. The molecular weight excluding hydrogens is 435 g/mol. The van der Waals surface area contributed by atoms with E-state index in [9.17, 15) is 0 Å². The summed E-state index contributed by atoms with van der Waals surface area (Å²) in [7, 11) is 1.68. The number of benzene rings is 6. The number of hydrogen-bond acceptors (Lipinski definition) is 1. The first-order valence-corrected chi connectivity index (χ1v) is 12.3. The van der Waals surface area contributed by atoms with Gasteiger partial charge in [0.15, 0.2) is 0 Å². The minimum Gasteiger partial charge on any atom is -0.372 e. The fraction of sp³-hybridized carbons (Fsp3) is 0.0588. The summed E-state index contributed by atoms with van der Waals surface area (Å²) in [4.78, 5) is 0. The van der Waals surface area contributed by atoms with Crippen LogP contribution in [0.25, 0.3) is 32.3 Å². The van der Waals surface area contributed by atoms with Crippen molar-refractivity contribution in [1.82, 2.24) is 0 Å². The van der Waals surface area contributed by atoms with Gasteiger partial charge in [0, 0.05) is 12.7 Å². The fourth-order valence-electron chi connectivity index (χ4n) is 5.13. The summed E-state index contributed by atoms with van der Waals surface area (Å²) in [6.45, 7) is 0.443. The molecule has 6 aromatic rings. The van der Waals surface area contributed by atoms with Gasteiger partial charge in [0.2, 0.25) is 6.71 Å². The van der Waals surface area contributed by atoms with Gasteiger partial charge in [-0.3, -0.25) is 0 Å². The molecule has 0 N–H and O–H groups in total. The number of hydrogen-bond donors (Lipinski definition) is 0. The Labute approximate surface area is 212 Å². The summed E-state index contributed by atoms with van der Waals surface area (Å²) in [5.41, 5.74) is 4.77. The van der Waals surface area contributed by atoms with Crippen molar-refractivity contribution in [1.29, 1.82) is 0 Å². The van der Waals surface area contributed by atoms with Gasteiger partial charge >= 0.3 is 0 Å². The van der Waals surface area contributed by atoms with Crippen LogP contribution in [0.15, 0.2) is 121 Å². The average Bonchev–Trinajstić information content (AvgIpc) is 2.93. The van der Waals surface area contributed by atoms with Gasteiger partial charge in [-0.05, 0) is 38.4 Å². The number of fused-ring (bicyclic) bond motifs is 3. The van der Waals surface area contributed by atoms with E-state index >= 15 is 0 Å². The smallest absolute Gasteiger partial charge is 0.242 e. The summed E-state index contributed by atoms with van der Waals surface area (Å²) in [6, 6.07) is 43.8. The Balaban J connectivity index is 1.64. The molecule has 0 bridgehead atoms. The fourth-order valence-corrected chi connectivity index (χ4v) is 5.13. The Bertz CT molecular complexity index is 1690. The lowest BCUT2D eigenvalue weighted by Gasteiger charge is -2.19. The van der Waals surface area contributed by atoms with E-state index in [-0.39, 0.29) is 6.71 Å². The molecule has 0 saturated heterocycles. The second-order valence-electron chi connectivity index (χ2n) is 9.17. The van der Waals surface area contributed by atoms with Crippen LogP contribution in [-0.4, -0.2) is 20.4 Å². The highest BCUT2D eigenvalue weighted by atomic mass is 16.5. The van der Waals surface area contributed by atoms with E-state index < -0.39 is 0 Å². The molecule has 0 aliphatic carbocycles. The molecular formula is C34H25BO. The van der Waals surface area contributed by atoms with Crippen molar-refractivity contribution in [3.05, 3.63) is 127 Å². The van der Waals surface area contributed by atoms with Crippen LogP contribution in [0.2, 0.25) is 0 Å². The number of rotatable bonds is 4. The summed E-state index contributed by atoms with van der Waals surface area (Å²) in [5, 5.41) is 7.39. The quantitative estimate of drug-likeness (QED) is 0.244. The molecule has 0 spiro atoms. The van der Waals surface area contributed by atoms with E-state index in [1.54, 1.807) is 7.11 Å². The van der Waals surface area contributed by atoms with Crippen LogP contribution in [0.5, 0.6) is 0 Å². The molecule has 0 amide bonds. The molecule has 0 heterocycles. The summed E-state index contributed by atoms with van der Waals surface area (Å²) in [6.07, 6.45) is 0. The maximum atomic E-state index is 5.24. The van der Waals surface area contributed by atoms with E-state index in [4.69, 9.17) is 4.74 Å². The van der Waals surface area contributed by atoms with Gasteiger partial charge in [-0.1, -0.05) is 143 Å². The van der Waals surface area contributed by atoms with E-state index in [1.165, 1.54) is 48.7 Å². The lowest BCUT2D eigenvalue weighted by Crippen LogP contribution is -2.53. The molecule has 2 heteroatoms. The van der Waals surface area contributed by atoms with Gasteiger partial charge in [-0.25, -0.2) is 0 Å². The Morgan fingerprint density at radius 3 is 1.56 bits per heavy atom. The predicted molar refractivity (Wildman–Crippen MR) is 155 cm³/mol. The largest absolute Gasteiger partial charge is 0.372 e. The van der Waals surface area contributed by atoms with Crippen LogP contribution in [-0.2, 0) is 4.74 Å². The zero-order valence-corrected chi connectivity index (χ0v) is 20.2. The molecule has 0 atom stereocenters. The zero-order chi connectivity index (χ0) is 24.3. The second-order valence-corrected chi connectivity index (χ2v) is 9.17. The summed E-state index contributed by atoms with van der Waals surface area (Å²) in [5.74, 6) is 6.63. The van der Waals surface area contributed by atoms with Crippen molar-refractivity contribution >= 4 is 55.4 Å². The summed E-state index contributed by atoms with van der Waals surface area (Å²) >= 11 is 0. The Morgan fingerprint density at radius 2 is 1.03 bits per heavy atom. The predicted octanol–water partition coefficient (Wildman–Crippen LogP) is 5.66. The zero-order valence-electron chi connectivity index (χ0n) is 20.2. The van der Waals surface area contributed by atoms with E-state index in [2.05, 4.69) is 133 Å². The minimum atomic E-state index is 0.0377. The number of methoxy groups -OCH3 is 1. The van der Waals surface area contributed by atoms with Gasteiger partial charge in [0.25, 0.3) is 0 Å². The average molecular weight is 460 g/mol. The van der Waals surface area contributed by atoms with Crippen LogP contribution in [0.3, 0.4) is 0 Å². The van der Waals surface area contributed by atoms with Crippen molar-refractivity contribution in [3.63, 3.8) is 0 Å². The van der Waals surface area contributed by atoms with Gasteiger partial charge < -0.3 is 4.74 Å². The highest BCUT2D eigenvalue weighted by Gasteiger charge is 2.25. The lowest BCUT2D eigenvalue weighted by atomic mass is 9.36. The molecule has 0 aliphatic rings. The first-order chi connectivity index (χ1) is 17.8. The van der Waals surface area contributed by atoms with Crippen LogP contribution >= 0.6 is 0 Å². The molecule has 0 aromatic heterocycles. The molecule has 170 valence electrons. The molecule has 0 saturated carbocycles. The highest BCUT2D eigenvalue weighted by molar-refractivity contribution is 6.96. The number of ether oxygens (including phenoxy) is 1. The van der Waals surface area contributed by atoms with Crippen molar-refractivity contribution in [2.45, 2.75) is 0 Å². The van der Waals surface area contributed by atoms with E-state index in [0.29, 0.717) is 6.61 Å². The Hall–Kier alpha value is -4.32. The molecule has 1 nitrogen and oxygen atoms in total. The lowest BCUT2D eigenvalue weighted by molar-refractivity contribution is 0.240. The summed E-state index contributed by atoms with van der Waals surface area (Å²) < 4.78 is 5.24. The molecule has 6 rings (SSSR count). The molecule has 0 aliphatic heterocycles. The molecule has 0 radical (unpaired) electrons. The van der Waals surface area contributed by atoms with Gasteiger partial charge in [0.05, 0.1) is 0 Å². The van der Waals surface area contributed by atoms with Crippen LogP contribution in [0.4, 0.5) is 0 Å². The van der Waals surface area contributed by atoms with Gasteiger partial charge in [-0.2, -0.15) is 0 Å². The van der Waals surface area contributed by atoms with Crippen LogP contribution in [0.1, 0.15) is 5.56 Å². The standard InChI is InChI=1S/C34H25BO/c1-36-20-8-15-31-21-27-11-6-7-14-30(27)24-34(31)35(32-18-16-25-9-2-4-12-28(25)22-32)33-19-17-26-10-3-5-13-29(26)23-33/h2-7,9-14,16-19,21-24H,20H2,1H3. The first kappa shape index (κ1) is 22.2. The van der Waals surface area contributed by atoms with Crippen molar-refractivity contribution in [3.8, 4) is 11.8 Å². The third kappa shape index (κ3) is 4.26.